The Kier molecular flexibility index (Phi) is 5.45. The highest BCUT2D eigenvalue weighted by molar-refractivity contribution is 7.89. The van der Waals surface area contributed by atoms with E-state index in [1.165, 1.54) is 6.07 Å². The molecular formula is C18H20N2O4S2. The van der Waals surface area contributed by atoms with Crippen molar-refractivity contribution in [3.63, 3.8) is 0 Å². The summed E-state index contributed by atoms with van der Waals surface area (Å²) in [5, 5.41) is 0. The monoisotopic (exact) mass is 392 g/mol. The van der Waals surface area contributed by atoms with Gasteiger partial charge in [0.1, 0.15) is 5.75 Å². The van der Waals surface area contributed by atoms with Gasteiger partial charge in [0.2, 0.25) is 10.0 Å². The molecule has 1 N–H and O–H groups in total. The van der Waals surface area contributed by atoms with E-state index >= 15 is 0 Å². The third kappa shape index (κ3) is 3.82. The SMILES string of the molecule is CCCn1c(=O)sc2cc(S(=O)(=O)NCc3cccc(OC)c3)ccc21. The number of fused-ring (bicyclic) bond motifs is 1. The summed E-state index contributed by atoms with van der Waals surface area (Å²) in [6.07, 6.45) is 0.841. The number of hydrogen-bond donors (Lipinski definition) is 1. The van der Waals surface area contributed by atoms with Crippen LogP contribution in [-0.4, -0.2) is 20.1 Å². The van der Waals surface area contributed by atoms with Gasteiger partial charge in [0.15, 0.2) is 0 Å². The second-order valence-corrected chi connectivity index (χ2v) is 8.59. The van der Waals surface area contributed by atoms with Crippen LogP contribution in [0.1, 0.15) is 18.9 Å². The number of sulfonamides is 1. The Balaban J connectivity index is 1.85. The predicted molar refractivity (Wildman–Crippen MR) is 103 cm³/mol. The summed E-state index contributed by atoms with van der Waals surface area (Å²) >= 11 is 1.07. The molecule has 0 unspecified atom stereocenters. The Morgan fingerprint density at radius 3 is 2.73 bits per heavy atom. The highest BCUT2D eigenvalue weighted by Gasteiger charge is 2.16. The van der Waals surface area contributed by atoms with Crippen molar-refractivity contribution in [3.05, 3.63) is 57.7 Å². The number of nitrogens with zero attached hydrogens (tertiary/aromatic N) is 1. The smallest absolute Gasteiger partial charge is 0.308 e. The third-order valence-corrected chi connectivity index (χ3v) is 6.34. The maximum Gasteiger partial charge on any atom is 0.308 e. The van der Waals surface area contributed by atoms with Crippen molar-refractivity contribution in [2.45, 2.75) is 31.3 Å². The Hall–Kier alpha value is -2.16. The van der Waals surface area contributed by atoms with Crippen molar-refractivity contribution in [3.8, 4) is 5.75 Å². The van der Waals surface area contributed by atoms with Crippen LogP contribution in [0.4, 0.5) is 0 Å². The lowest BCUT2D eigenvalue weighted by Crippen LogP contribution is -2.23. The van der Waals surface area contributed by atoms with Gasteiger partial charge >= 0.3 is 4.87 Å². The molecule has 2 aromatic carbocycles. The molecule has 0 aliphatic rings. The first kappa shape index (κ1) is 18.6. The van der Waals surface area contributed by atoms with Gasteiger partial charge in [0, 0.05) is 13.1 Å². The van der Waals surface area contributed by atoms with Gasteiger partial charge in [-0.3, -0.25) is 9.36 Å². The molecule has 0 aliphatic heterocycles. The van der Waals surface area contributed by atoms with E-state index in [2.05, 4.69) is 4.72 Å². The maximum atomic E-state index is 12.6. The molecule has 3 aromatic rings. The zero-order chi connectivity index (χ0) is 18.7. The molecule has 0 saturated carbocycles. The zero-order valence-corrected chi connectivity index (χ0v) is 16.2. The molecule has 0 spiro atoms. The summed E-state index contributed by atoms with van der Waals surface area (Å²) in [5.41, 5.74) is 1.57. The number of benzene rings is 2. The number of rotatable bonds is 7. The summed E-state index contributed by atoms with van der Waals surface area (Å²) in [4.78, 5) is 12.1. The Morgan fingerprint density at radius 2 is 2.00 bits per heavy atom. The van der Waals surface area contributed by atoms with E-state index < -0.39 is 10.0 Å². The predicted octanol–water partition coefficient (Wildman–Crippen LogP) is 2.96. The highest BCUT2D eigenvalue weighted by atomic mass is 32.2. The molecule has 3 rings (SSSR count). The lowest BCUT2D eigenvalue weighted by atomic mass is 10.2. The van der Waals surface area contributed by atoms with E-state index in [1.54, 1.807) is 35.9 Å². The number of nitrogens with one attached hydrogen (secondary N) is 1. The Labute approximate surface area is 156 Å². The molecule has 138 valence electrons. The van der Waals surface area contributed by atoms with Gasteiger partial charge < -0.3 is 4.74 Å². The minimum atomic E-state index is -3.68. The standard InChI is InChI=1S/C18H20N2O4S2/c1-3-9-20-16-8-7-15(11-17(16)25-18(20)21)26(22,23)19-12-13-5-4-6-14(10-13)24-2/h4-8,10-11,19H,3,9,12H2,1-2H3. The van der Waals surface area contributed by atoms with Crippen molar-refractivity contribution in [2.75, 3.05) is 7.11 Å². The fourth-order valence-electron chi connectivity index (χ4n) is 2.69. The minimum absolute atomic E-state index is 0.0688. The summed E-state index contributed by atoms with van der Waals surface area (Å²) < 4.78 is 35.3. The fourth-order valence-corrected chi connectivity index (χ4v) is 4.77. The van der Waals surface area contributed by atoms with Crippen LogP contribution in [0.15, 0.2) is 52.2 Å². The molecule has 8 heteroatoms. The van der Waals surface area contributed by atoms with Crippen LogP contribution in [0, 0.1) is 0 Å². The van der Waals surface area contributed by atoms with Crippen LogP contribution >= 0.6 is 11.3 Å². The molecular weight excluding hydrogens is 372 g/mol. The lowest BCUT2D eigenvalue weighted by Gasteiger charge is -2.08. The van der Waals surface area contributed by atoms with E-state index in [0.717, 1.165) is 28.8 Å². The largest absolute Gasteiger partial charge is 0.497 e. The fraction of sp³-hybridized carbons (Fsp3) is 0.278. The topological polar surface area (TPSA) is 77.4 Å². The molecule has 0 saturated heterocycles. The number of aromatic nitrogens is 1. The summed E-state index contributed by atoms with van der Waals surface area (Å²) in [5.74, 6) is 0.671. The van der Waals surface area contributed by atoms with Gasteiger partial charge in [0.05, 0.1) is 22.2 Å². The van der Waals surface area contributed by atoms with Gasteiger partial charge in [0.25, 0.3) is 0 Å². The van der Waals surface area contributed by atoms with Crippen LogP contribution in [0.5, 0.6) is 5.75 Å². The second kappa shape index (κ2) is 7.61. The molecule has 0 fully saturated rings. The first-order valence-electron chi connectivity index (χ1n) is 8.20. The van der Waals surface area contributed by atoms with Crippen molar-refractivity contribution >= 4 is 31.6 Å². The minimum Gasteiger partial charge on any atom is -0.497 e. The van der Waals surface area contributed by atoms with Gasteiger partial charge in [-0.2, -0.15) is 0 Å². The maximum absolute atomic E-state index is 12.6. The van der Waals surface area contributed by atoms with Crippen molar-refractivity contribution < 1.29 is 13.2 Å². The molecule has 6 nitrogen and oxygen atoms in total. The Bertz CT molecular complexity index is 1080. The summed E-state index contributed by atoms with van der Waals surface area (Å²) in [6.45, 7) is 2.78. The Morgan fingerprint density at radius 1 is 1.19 bits per heavy atom. The zero-order valence-electron chi connectivity index (χ0n) is 14.6. The lowest BCUT2D eigenvalue weighted by molar-refractivity contribution is 0.414. The molecule has 1 heterocycles. The van der Waals surface area contributed by atoms with Crippen LogP contribution in [0.2, 0.25) is 0 Å². The molecule has 0 amide bonds. The summed E-state index contributed by atoms with van der Waals surface area (Å²) in [7, 11) is -2.12. The third-order valence-electron chi connectivity index (χ3n) is 4.00. The van der Waals surface area contributed by atoms with Crippen molar-refractivity contribution in [2.24, 2.45) is 0 Å². The van der Waals surface area contributed by atoms with Crippen LogP contribution in [-0.2, 0) is 23.1 Å². The van der Waals surface area contributed by atoms with Gasteiger partial charge in [-0.25, -0.2) is 13.1 Å². The average Bonchev–Trinajstić information content (AvgIpc) is 2.95. The molecule has 0 radical (unpaired) electrons. The quantitative estimate of drug-likeness (QED) is 0.671. The normalized spacial score (nSPS) is 11.8. The molecule has 1 aromatic heterocycles. The molecule has 0 atom stereocenters. The van der Waals surface area contributed by atoms with E-state index in [0.29, 0.717) is 17.0 Å². The number of aryl methyl sites for hydroxylation is 1. The summed E-state index contributed by atoms with van der Waals surface area (Å²) in [6, 6.07) is 12.0. The number of hydrogen-bond acceptors (Lipinski definition) is 5. The molecule has 0 aliphatic carbocycles. The number of thiazole rings is 1. The highest BCUT2D eigenvalue weighted by Crippen LogP contribution is 2.22. The molecule has 26 heavy (non-hydrogen) atoms. The van der Waals surface area contributed by atoms with Gasteiger partial charge in [-0.15, -0.1) is 0 Å². The number of ether oxygens (including phenoxy) is 1. The van der Waals surface area contributed by atoms with Gasteiger partial charge in [-0.05, 0) is 42.3 Å². The molecule has 0 bridgehead atoms. The van der Waals surface area contributed by atoms with Crippen molar-refractivity contribution in [1.29, 1.82) is 0 Å². The second-order valence-electron chi connectivity index (χ2n) is 5.83. The first-order chi connectivity index (χ1) is 12.4. The van der Waals surface area contributed by atoms with Crippen molar-refractivity contribution in [1.82, 2.24) is 9.29 Å². The van der Waals surface area contributed by atoms with Crippen LogP contribution < -0.4 is 14.3 Å². The van der Waals surface area contributed by atoms with Gasteiger partial charge in [-0.1, -0.05) is 30.4 Å². The van der Waals surface area contributed by atoms with E-state index in [-0.39, 0.29) is 16.3 Å². The van der Waals surface area contributed by atoms with E-state index in [1.807, 2.05) is 19.1 Å². The van der Waals surface area contributed by atoms with Crippen LogP contribution in [0.3, 0.4) is 0 Å². The van der Waals surface area contributed by atoms with E-state index in [9.17, 15) is 13.2 Å². The van der Waals surface area contributed by atoms with Crippen LogP contribution in [0.25, 0.3) is 10.2 Å². The average molecular weight is 393 g/mol. The first-order valence-corrected chi connectivity index (χ1v) is 10.5. The number of methoxy groups -OCH3 is 1. The van der Waals surface area contributed by atoms with E-state index in [4.69, 9.17) is 4.74 Å².